The standard InChI is InChI=1S/C10H8ClN3O2S/c1-13-5-4-12-10(13)17-9-3-2-7(11)6-8(9)14(15)16/h2-6H,1H3. The average molecular weight is 270 g/mol. The molecule has 0 bridgehead atoms. The number of benzene rings is 1. The summed E-state index contributed by atoms with van der Waals surface area (Å²) in [5.41, 5.74) is -0.00880. The second kappa shape index (κ2) is 4.77. The highest BCUT2D eigenvalue weighted by atomic mass is 35.5. The number of aryl methyl sites for hydroxylation is 1. The summed E-state index contributed by atoms with van der Waals surface area (Å²) in [6.45, 7) is 0. The predicted octanol–water partition coefficient (Wildman–Crippen LogP) is 3.13. The Morgan fingerprint density at radius 3 is 2.88 bits per heavy atom. The van der Waals surface area contributed by atoms with Crippen LogP contribution in [-0.2, 0) is 7.05 Å². The number of aromatic nitrogens is 2. The molecule has 0 amide bonds. The molecule has 0 radical (unpaired) electrons. The number of nitro benzene ring substituents is 1. The van der Waals surface area contributed by atoms with Crippen LogP contribution in [0, 0.1) is 10.1 Å². The number of hydrogen-bond donors (Lipinski definition) is 0. The maximum atomic E-state index is 10.9. The van der Waals surface area contributed by atoms with Gasteiger partial charge in [0.05, 0.1) is 9.82 Å². The minimum atomic E-state index is -0.447. The SMILES string of the molecule is Cn1ccnc1Sc1ccc(Cl)cc1[N+](=O)[O-]. The number of hydrogen-bond acceptors (Lipinski definition) is 4. The fraction of sp³-hybridized carbons (Fsp3) is 0.100. The van der Waals surface area contributed by atoms with Gasteiger partial charge in [0.25, 0.3) is 5.69 Å². The Labute approximate surface area is 107 Å². The van der Waals surface area contributed by atoms with Crippen molar-refractivity contribution in [2.24, 2.45) is 7.05 Å². The normalized spacial score (nSPS) is 10.5. The van der Waals surface area contributed by atoms with Crippen LogP contribution >= 0.6 is 23.4 Å². The summed E-state index contributed by atoms with van der Waals surface area (Å²) >= 11 is 6.98. The molecule has 0 aliphatic rings. The number of nitrogens with zero attached hydrogens (tertiary/aromatic N) is 3. The number of nitro groups is 1. The molecule has 88 valence electrons. The Bertz CT molecular complexity index is 570. The predicted molar refractivity (Wildman–Crippen MR) is 65.4 cm³/mol. The summed E-state index contributed by atoms with van der Waals surface area (Å²) in [4.78, 5) is 15.1. The molecule has 0 aliphatic heterocycles. The summed E-state index contributed by atoms with van der Waals surface area (Å²) in [6.07, 6.45) is 3.42. The Kier molecular flexibility index (Phi) is 3.35. The highest BCUT2D eigenvalue weighted by molar-refractivity contribution is 7.99. The fourth-order valence-corrected chi connectivity index (χ4v) is 2.32. The third-order valence-electron chi connectivity index (χ3n) is 2.10. The van der Waals surface area contributed by atoms with Gasteiger partial charge >= 0.3 is 0 Å². The maximum Gasteiger partial charge on any atom is 0.284 e. The number of halogens is 1. The molecular weight excluding hydrogens is 262 g/mol. The van der Waals surface area contributed by atoms with Crippen molar-refractivity contribution in [3.05, 3.63) is 45.7 Å². The van der Waals surface area contributed by atoms with Crippen LogP contribution < -0.4 is 0 Å². The van der Waals surface area contributed by atoms with Crippen LogP contribution in [0.4, 0.5) is 5.69 Å². The second-order valence-electron chi connectivity index (χ2n) is 3.29. The smallest absolute Gasteiger partial charge is 0.284 e. The van der Waals surface area contributed by atoms with Crippen molar-refractivity contribution in [1.82, 2.24) is 9.55 Å². The van der Waals surface area contributed by atoms with Gasteiger partial charge in [0.1, 0.15) is 0 Å². The highest BCUT2D eigenvalue weighted by Gasteiger charge is 2.16. The molecule has 2 aromatic rings. The van der Waals surface area contributed by atoms with Gasteiger partial charge in [-0.2, -0.15) is 0 Å². The molecule has 0 N–H and O–H groups in total. The summed E-state index contributed by atoms with van der Waals surface area (Å²) in [7, 11) is 1.83. The molecule has 1 aromatic heterocycles. The van der Waals surface area contributed by atoms with Crippen molar-refractivity contribution >= 4 is 29.1 Å². The molecule has 0 spiro atoms. The number of rotatable bonds is 3. The van der Waals surface area contributed by atoms with Gasteiger partial charge in [-0.15, -0.1) is 0 Å². The molecular formula is C10H8ClN3O2S. The lowest BCUT2D eigenvalue weighted by molar-refractivity contribution is -0.387. The van der Waals surface area contributed by atoms with E-state index in [9.17, 15) is 10.1 Å². The van der Waals surface area contributed by atoms with Crippen LogP contribution in [0.15, 0.2) is 40.6 Å². The van der Waals surface area contributed by atoms with Gasteiger partial charge in [-0.3, -0.25) is 10.1 Å². The van der Waals surface area contributed by atoms with E-state index in [1.807, 2.05) is 7.05 Å². The van der Waals surface area contributed by atoms with E-state index in [1.165, 1.54) is 17.8 Å². The molecule has 2 rings (SSSR count). The fourth-order valence-electron chi connectivity index (χ4n) is 1.27. The van der Waals surface area contributed by atoms with E-state index in [2.05, 4.69) is 4.98 Å². The lowest BCUT2D eigenvalue weighted by Gasteiger charge is -2.03. The second-order valence-corrected chi connectivity index (χ2v) is 4.74. The Balaban J connectivity index is 2.39. The van der Waals surface area contributed by atoms with Crippen LogP contribution in [0.25, 0.3) is 0 Å². The van der Waals surface area contributed by atoms with Crippen LogP contribution in [0.1, 0.15) is 0 Å². The molecule has 7 heteroatoms. The van der Waals surface area contributed by atoms with Crippen LogP contribution in [0.5, 0.6) is 0 Å². The zero-order chi connectivity index (χ0) is 12.4. The molecule has 17 heavy (non-hydrogen) atoms. The maximum absolute atomic E-state index is 10.9. The first kappa shape index (κ1) is 11.9. The van der Waals surface area contributed by atoms with Gasteiger partial charge < -0.3 is 4.57 Å². The largest absolute Gasteiger partial charge is 0.329 e. The van der Waals surface area contributed by atoms with Crippen molar-refractivity contribution in [2.45, 2.75) is 10.1 Å². The molecule has 0 fully saturated rings. The van der Waals surface area contributed by atoms with Crippen molar-refractivity contribution in [3.8, 4) is 0 Å². The van der Waals surface area contributed by atoms with Crippen molar-refractivity contribution in [1.29, 1.82) is 0 Å². The molecule has 1 heterocycles. The Morgan fingerprint density at radius 2 is 2.29 bits per heavy atom. The summed E-state index contributed by atoms with van der Waals surface area (Å²) < 4.78 is 1.79. The molecule has 5 nitrogen and oxygen atoms in total. The van der Waals surface area contributed by atoms with Crippen molar-refractivity contribution in [2.75, 3.05) is 0 Å². The zero-order valence-electron chi connectivity index (χ0n) is 8.83. The molecule has 0 saturated carbocycles. The van der Waals surface area contributed by atoms with Gasteiger partial charge in [0.2, 0.25) is 0 Å². The van der Waals surface area contributed by atoms with E-state index >= 15 is 0 Å². The summed E-state index contributed by atoms with van der Waals surface area (Å²) in [5.74, 6) is 0. The third-order valence-corrected chi connectivity index (χ3v) is 3.47. The van der Waals surface area contributed by atoms with Crippen LogP contribution in [0.3, 0.4) is 0 Å². The quantitative estimate of drug-likeness (QED) is 0.634. The van der Waals surface area contributed by atoms with Crippen molar-refractivity contribution < 1.29 is 4.92 Å². The molecule has 0 aliphatic carbocycles. The lowest BCUT2D eigenvalue weighted by atomic mass is 10.3. The minimum absolute atomic E-state index is 0.00880. The molecule has 0 unspecified atom stereocenters. The summed E-state index contributed by atoms with van der Waals surface area (Å²) in [6, 6.07) is 4.59. The van der Waals surface area contributed by atoms with E-state index in [4.69, 9.17) is 11.6 Å². The van der Waals surface area contributed by atoms with Gasteiger partial charge in [0.15, 0.2) is 5.16 Å². The van der Waals surface area contributed by atoms with Gasteiger partial charge in [-0.25, -0.2) is 4.98 Å². The van der Waals surface area contributed by atoms with Gasteiger partial charge in [-0.05, 0) is 23.9 Å². The van der Waals surface area contributed by atoms with E-state index < -0.39 is 4.92 Å². The third kappa shape index (κ3) is 2.59. The van der Waals surface area contributed by atoms with Gasteiger partial charge in [0, 0.05) is 30.5 Å². The molecule has 1 aromatic carbocycles. The lowest BCUT2D eigenvalue weighted by Crippen LogP contribution is -1.93. The number of imidazole rings is 1. The zero-order valence-corrected chi connectivity index (χ0v) is 10.4. The van der Waals surface area contributed by atoms with E-state index in [1.54, 1.807) is 29.1 Å². The minimum Gasteiger partial charge on any atom is -0.329 e. The van der Waals surface area contributed by atoms with E-state index in [0.717, 1.165) is 0 Å². The van der Waals surface area contributed by atoms with E-state index in [0.29, 0.717) is 15.1 Å². The first-order chi connectivity index (χ1) is 8.08. The topological polar surface area (TPSA) is 61.0 Å². The van der Waals surface area contributed by atoms with Crippen molar-refractivity contribution in [3.63, 3.8) is 0 Å². The van der Waals surface area contributed by atoms with Crippen LogP contribution in [-0.4, -0.2) is 14.5 Å². The summed E-state index contributed by atoms with van der Waals surface area (Å²) in [5, 5.41) is 11.9. The first-order valence-electron chi connectivity index (χ1n) is 4.67. The highest BCUT2D eigenvalue weighted by Crippen LogP contribution is 2.35. The average Bonchev–Trinajstić information content (AvgIpc) is 2.67. The molecule has 0 atom stereocenters. The van der Waals surface area contributed by atoms with Gasteiger partial charge in [-0.1, -0.05) is 11.6 Å². The first-order valence-corrected chi connectivity index (χ1v) is 5.86. The Morgan fingerprint density at radius 1 is 1.53 bits per heavy atom. The monoisotopic (exact) mass is 269 g/mol. The molecule has 0 saturated heterocycles. The van der Waals surface area contributed by atoms with E-state index in [-0.39, 0.29) is 5.69 Å². The Hall–Kier alpha value is -1.53. The van der Waals surface area contributed by atoms with Crippen LogP contribution in [0.2, 0.25) is 5.02 Å².